The fraction of sp³-hybridized carbons (Fsp3) is 0.579. The predicted molar refractivity (Wildman–Crippen MR) is 111 cm³/mol. The first-order valence-corrected chi connectivity index (χ1v) is 10.7. The number of benzene rings is 1. The Morgan fingerprint density at radius 1 is 1.26 bits per heavy atom. The molecule has 0 aliphatic carbocycles. The van der Waals surface area contributed by atoms with Gasteiger partial charge >= 0.3 is 0 Å². The fourth-order valence-corrected chi connectivity index (χ4v) is 3.80. The number of piperidine rings is 1. The van der Waals surface area contributed by atoms with Crippen LogP contribution in [-0.4, -0.2) is 41.3 Å². The van der Waals surface area contributed by atoms with Crippen LogP contribution in [0.4, 0.5) is 14.5 Å². The van der Waals surface area contributed by atoms with Gasteiger partial charge in [-0.3, -0.25) is 4.79 Å². The van der Waals surface area contributed by atoms with Gasteiger partial charge in [-0.1, -0.05) is 31.5 Å². The van der Waals surface area contributed by atoms with Crippen LogP contribution < -0.4 is 10.6 Å². The van der Waals surface area contributed by atoms with E-state index in [-0.39, 0.29) is 11.8 Å². The molecular formula is C19H27F2N3OS2. The molecule has 0 atom stereocenters. The van der Waals surface area contributed by atoms with Gasteiger partial charge in [-0.15, -0.1) is 0 Å². The second kappa shape index (κ2) is 11.4. The molecule has 1 aliphatic rings. The number of alkyl halides is 2. The summed E-state index contributed by atoms with van der Waals surface area (Å²) in [5, 5.41) is 6.78. The van der Waals surface area contributed by atoms with Crippen molar-refractivity contribution in [1.82, 2.24) is 10.2 Å². The molecule has 1 heterocycles. The molecule has 0 unspecified atom stereocenters. The molecule has 2 rings (SSSR count). The molecule has 2 N–H and O–H groups in total. The van der Waals surface area contributed by atoms with Crippen LogP contribution >= 0.6 is 24.0 Å². The number of hydrogen-bond donors (Lipinski definition) is 2. The van der Waals surface area contributed by atoms with Gasteiger partial charge in [0.05, 0.1) is 0 Å². The van der Waals surface area contributed by atoms with Crippen LogP contribution in [-0.2, 0) is 4.79 Å². The number of amides is 1. The lowest BCUT2D eigenvalue weighted by atomic mass is 9.96. The molecule has 0 saturated carbocycles. The highest BCUT2D eigenvalue weighted by Gasteiger charge is 2.25. The minimum absolute atomic E-state index is 0.0522. The molecule has 4 nitrogen and oxygen atoms in total. The Bertz CT molecular complexity index is 605. The lowest BCUT2D eigenvalue weighted by molar-refractivity contribution is -0.126. The topological polar surface area (TPSA) is 44.4 Å². The highest BCUT2D eigenvalue weighted by molar-refractivity contribution is 7.99. The summed E-state index contributed by atoms with van der Waals surface area (Å²) >= 11 is 5.97. The van der Waals surface area contributed by atoms with Crippen molar-refractivity contribution >= 4 is 40.7 Å². The molecule has 150 valence electrons. The van der Waals surface area contributed by atoms with Crippen molar-refractivity contribution in [3.8, 4) is 0 Å². The third-order valence-electron chi connectivity index (χ3n) is 4.56. The third kappa shape index (κ3) is 7.62. The Morgan fingerprint density at radius 2 is 1.93 bits per heavy atom. The second-order valence-corrected chi connectivity index (χ2v) is 8.04. The maximum Gasteiger partial charge on any atom is 0.288 e. The molecule has 1 saturated heterocycles. The smallest absolute Gasteiger partial charge is 0.288 e. The quantitative estimate of drug-likeness (QED) is 0.366. The number of thiocarbonyl (C=S) groups is 1. The number of likely N-dealkylation sites (tertiary alicyclic amines) is 1. The summed E-state index contributed by atoms with van der Waals surface area (Å²) in [5.74, 6) is -2.22. The monoisotopic (exact) mass is 415 g/mol. The van der Waals surface area contributed by atoms with Crippen molar-refractivity contribution in [1.29, 1.82) is 0 Å². The molecule has 1 fully saturated rings. The van der Waals surface area contributed by atoms with Gasteiger partial charge < -0.3 is 15.5 Å². The molecule has 1 aromatic carbocycles. The van der Waals surface area contributed by atoms with E-state index in [0.717, 1.165) is 57.4 Å². The Labute approximate surface area is 169 Å². The number of carbonyl (C=O) groups excluding carboxylic acids is 1. The van der Waals surface area contributed by atoms with Gasteiger partial charge in [0.1, 0.15) is 0 Å². The molecule has 1 aromatic rings. The van der Waals surface area contributed by atoms with E-state index in [1.54, 1.807) is 24.3 Å². The van der Waals surface area contributed by atoms with Gasteiger partial charge in [0.2, 0.25) is 5.91 Å². The number of nitrogens with one attached hydrogen (secondary N) is 2. The number of thioether (sulfide) groups is 1. The minimum atomic E-state index is -2.42. The van der Waals surface area contributed by atoms with E-state index >= 15 is 0 Å². The van der Waals surface area contributed by atoms with E-state index in [9.17, 15) is 13.6 Å². The third-order valence-corrected chi connectivity index (χ3v) is 5.65. The van der Waals surface area contributed by atoms with Gasteiger partial charge in [-0.05, 0) is 55.7 Å². The zero-order valence-electron chi connectivity index (χ0n) is 15.5. The maximum absolute atomic E-state index is 12.4. The number of halogens is 2. The standard InChI is InChI=1S/C19H27F2N3OS2/c1-2-3-4-11-22-17(25)14-9-12-24(13-10-14)19(26)23-15-5-7-16(8-6-15)27-18(20)21/h5-8,14,18H,2-4,9-13H2,1H3,(H,22,25)(H,23,26). The van der Waals surface area contributed by atoms with E-state index in [1.807, 2.05) is 0 Å². The van der Waals surface area contributed by atoms with Crippen LogP contribution in [0.25, 0.3) is 0 Å². The average molecular weight is 416 g/mol. The number of rotatable bonds is 8. The summed E-state index contributed by atoms with van der Waals surface area (Å²) in [5.41, 5.74) is 0.773. The Balaban J connectivity index is 1.73. The number of anilines is 1. The van der Waals surface area contributed by atoms with Crippen molar-refractivity contribution in [2.45, 2.75) is 49.7 Å². The summed E-state index contributed by atoms with van der Waals surface area (Å²) in [4.78, 5) is 14.8. The summed E-state index contributed by atoms with van der Waals surface area (Å²) in [6.07, 6.45) is 4.88. The van der Waals surface area contributed by atoms with E-state index in [1.165, 1.54) is 0 Å². The molecule has 8 heteroatoms. The minimum Gasteiger partial charge on any atom is -0.356 e. The first-order chi connectivity index (χ1) is 13.0. The summed E-state index contributed by atoms with van der Waals surface area (Å²) < 4.78 is 24.7. The Kier molecular flexibility index (Phi) is 9.27. The van der Waals surface area contributed by atoms with E-state index < -0.39 is 5.76 Å². The summed E-state index contributed by atoms with van der Waals surface area (Å²) in [6, 6.07) is 6.79. The van der Waals surface area contributed by atoms with E-state index in [2.05, 4.69) is 22.5 Å². The Hall–Kier alpha value is -1.41. The molecule has 27 heavy (non-hydrogen) atoms. The molecule has 0 radical (unpaired) electrons. The van der Waals surface area contributed by atoms with Gasteiger partial charge in [-0.2, -0.15) is 8.78 Å². The highest BCUT2D eigenvalue weighted by atomic mass is 32.2. The fourth-order valence-electron chi connectivity index (χ4n) is 3.00. The van der Waals surface area contributed by atoms with Crippen LogP contribution in [0.2, 0.25) is 0 Å². The van der Waals surface area contributed by atoms with Gasteiger partial charge in [0.15, 0.2) is 5.11 Å². The zero-order valence-corrected chi connectivity index (χ0v) is 17.2. The first kappa shape index (κ1) is 21.9. The molecule has 0 aromatic heterocycles. The molecule has 0 bridgehead atoms. The van der Waals surface area contributed by atoms with Crippen molar-refractivity contribution in [3.05, 3.63) is 24.3 Å². The van der Waals surface area contributed by atoms with Crippen LogP contribution in [0.15, 0.2) is 29.2 Å². The van der Waals surface area contributed by atoms with E-state index in [0.29, 0.717) is 21.8 Å². The highest BCUT2D eigenvalue weighted by Crippen LogP contribution is 2.26. The van der Waals surface area contributed by atoms with Crippen molar-refractivity contribution in [3.63, 3.8) is 0 Å². The Morgan fingerprint density at radius 3 is 2.52 bits per heavy atom. The van der Waals surface area contributed by atoms with Gasteiger partial charge in [0, 0.05) is 36.1 Å². The van der Waals surface area contributed by atoms with E-state index in [4.69, 9.17) is 12.2 Å². The van der Waals surface area contributed by atoms with Crippen LogP contribution in [0.5, 0.6) is 0 Å². The van der Waals surface area contributed by atoms with Gasteiger partial charge in [0.25, 0.3) is 5.76 Å². The molecule has 1 amide bonds. The molecule has 1 aliphatic heterocycles. The normalized spacial score (nSPS) is 15.0. The van der Waals surface area contributed by atoms with Crippen LogP contribution in [0.1, 0.15) is 39.0 Å². The lowest BCUT2D eigenvalue weighted by Gasteiger charge is -2.33. The molecular weight excluding hydrogens is 388 g/mol. The average Bonchev–Trinajstić information content (AvgIpc) is 2.66. The largest absolute Gasteiger partial charge is 0.356 e. The number of carbonyl (C=O) groups is 1. The van der Waals surface area contributed by atoms with Crippen molar-refractivity contribution < 1.29 is 13.6 Å². The SMILES string of the molecule is CCCCCNC(=O)C1CCN(C(=S)Nc2ccc(SC(F)F)cc2)CC1. The number of nitrogens with zero attached hydrogens (tertiary/aromatic N) is 1. The molecule has 0 spiro atoms. The first-order valence-electron chi connectivity index (χ1n) is 9.38. The van der Waals surface area contributed by atoms with Crippen molar-refractivity contribution in [2.24, 2.45) is 5.92 Å². The second-order valence-electron chi connectivity index (χ2n) is 6.59. The summed E-state index contributed by atoms with van der Waals surface area (Å²) in [6.45, 7) is 4.37. The summed E-state index contributed by atoms with van der Waals surface area (Å²) in [7, 11) is 0. The van der Waals surface area contributed by atoms with Gasteiger partial charge in [-0.25, -0.2) is 0 Å². The predicted octanol–water partition coefficient (Wildman–Crippen LogP) is 4.72. The zero-order chi connectivity index (χ0) is 19.6. The number of unbranched alkanes of at least 4 members (excludes halogenated alkanes) is 2. The maximum atomic E-state index is 12.4. The number of hydrogen-bond acceptors (Lipinski definition) is 3. The van der Waals surface area contributed by atoms with Crippen LogP contribution in [0, 0.1) is 5.92 Å². The van der Waals surface area contributed by atoms with Crippen molar-refractivity contribution in [2.75, 3.05) is 25.0 Å². The van der Waals surface area contributed by atoms with Crippen LogP contribution in [0.3, 0.4) is 0 Å². The lowest BCUT2D eigenvalue weighted by Crippen LogP contribution is -2.44.